The Balaban J connectivity index is 3.67. The summed E-state index contributed by atoms with van der Waals surface area (Å²) in [6.45, 7) is 9.32. The summed E-state index contributed by atoms with van der Waals surface area (Å²) in [5.74, 6) is 0.0223. The molecule has 0 aromatic heterocycles. The Morgan fingerprint density at radius 2 is 2.05 bits per heavy atom. The van der Waals surface area contributed by atoms with Crippen molar-refractivity contribution in [3.63, 3.8) is 0 Å². The number of carbonyl (C=O) groups is 1. The summed E-state index contributed by atoms with van der Waals surface area (Å²) in [5, 5.41) is 11.8. The van der Waals surface area contributed by atoms with Gasteiger partial charge in [-0.25, -0.2) is 0 Å². The first kappa shape index (κ1) is 18.4. The molecule has 2 N–H and O–H groups in total. The molecule has 0 spiro atoms. The van der Waals surface area contributed by atoms with Gasteiger partial charge in [0.2, 0.25) is 5.91 Å². The van der Waals surface area contributed by atoms with Gasteiger partial charge in [-0.3, -0.25) is 9.69 Å². The number of aliphatic hydroxyl groups excluding tert-OH is 1. The molecule has 114 valence electrons. The molecule has 19 heavy (non-hydrogen) atoms. The highest BCUT2D eigenvalue weighted by Gasteiger charge is 2.09. The van der Waals surface area contributed by atoms with E-state index in [1.165, 1.54) is 0 Å². The van der Waals surface area contributed by atoms with Crippen LogP contribution in [0.4, 0.5) is 0 Å². The van der Waals surface area contributed by atoms with Gasteiger partial charge in [0.1, 0.15) is 0 Å². The molecule has 1 amide bonds. The zero-order valence-corrected chi connectivity index (χ0v) is 12.7. The third-order valence-electron chi connectivity index (χ3n) is 2.71. The lowest BCUT2D eigenvalue weighted by Crippen LogP contribution is -2.39. The lowest BCUT2D eigenvalue weighted by Gasteiger charge is -2.20. The Morgan fingerprint density at radius 1 is 1.32 bits per heavy atom. The molecule has 0 saturated carbocycles. The van der Waals surface area contributed by atoms with Gasteiger partial charge in [0.15, 0.2) is 0 Å². The minimum atomic E-state index is 0.0223. The molecule has 0 saturated heterocycles. The summed E-state index contributed by atoms with van der Waals surface area (Å²) in [6.07, 6.45) is 3.22. The quantitative estimate of drug-likeness (QED) is 0.522. The van der Waals surface area contributed by atoms with Crippen molar-refractivity contribution in [2.45, 2.75) is 46.1 Å². The number of amides is 1. The van der Waals surface area contributed by atoms with Crippen LogP contribution in [0.25, 0.3) is 0 Å². The Labute approximate surface area is 117 Å². The molecule has 0 rings (SSSR count). The number of nitrogens with one attached hydrogen (secondary N) is 1. The fourth-order valence-electron chi connectivity index (χ4n) is 1.67. The van der Waals surface area contributed by atoms with Crippen LogP contribution in [0.15, 0.2) is 0 Å². The van der Waals surface area contributed by atoms with Crippen molar-refractivity contribution in [3.8, 4) is 0 Å². The predicted molar refractivity (Wildman–Crippen MR) is 77.1 cm³/mol. The highest BCUT2D eigenvalue weighted by atomic mass is 16.5. The lowest BCUT2D eigenvalue weighted by molar-refractivity contribution is -0.122. The molecule has 0 bridgehead atoms. The molecular formula is C14H30N2O3. The molecule has 0 atom stereocenters. The van der Waals surface area contributed by atoms with E-state index in [1.807, 2.05) is 18.7 Å². The molecule has 0 aromatic rings. The van der Waals surface area contributed by atoms with Crippen LogP contribution in [-0.4, -0.2) is 61.4 Å². The number of aliphatic hydroxyl groups is 1. The maximum absolute atomic E-state index is 11.7. The van der Waals surface area contributed by atoms with Crippen molar-refractivity contribution in [1.82, 2.24) is 10.2 Å². The van der Waals surface area contributed by atoms with Gasteiger partial charge in [-0.1, -0.05) is 13.3 Å². The smallest absolute Gasteiger partial charge is 0.234 e. The van der Waals surface area contributed by atoms with Crippen molar-refractivity contribution in [1.29, 1.82) is 0 Å². The van der Waals surface area contributed by atoms with E-state index in [4.69, 9.17) is 9.84 Å². The lowest BCUT2D eigenvalue weighted by atomic mass is 10.3. The average Bonchev–Trinajstić information content (AvgIpc) is 2.35. The summed E-state index contributed by atoms with van der Waals surface area (Å²) >= 11 is 0. The average molecular weight is 274 g/mol. The first-order valence-electron chi connectivity index (χ1n) is 7.31. The molecule has 5 nitrogen and oxygen atoms in total. The molecule has 0 aliphatic rings. The first-order chi connectivity index (χ1) is 9.10. The second-order valence-electron chi connectivity index (χ2n) is 4.98. The second-order valence-corrected chi connectivity index (χ2v) is 4.98. The van der Waals surface area contributed by atoms with Gasteiger partial charge in [-0.2, -0.15) is 0 Å². The van der Waals surface area contributed by atoms with Gasteiger partial charge in [0.25, 0.3) is 0 Å². The number of rotatable bonds is 12. The van der Waals surface area contributed by atoms with Gasteiger partial charge in [0.05, 0.1) is 19.3 Å². The van der Waals surface area contributed by atoms with Gasteiger partial charge in [0, 0.05) is 19.7 Å². The second kappa shape index (κ2) is 12.4. The SMILES string of the molecule is CCCCN(CCO)CC(=O)NCCCOC(C)C. The standard InChI is InChI=1S/C14H30N2O3/c1-4-5-8-16(9-10-17)12-14(18)15-7-6-11-19-13(2)3/h13,17H,4-12H2,1-3H3,(H,15,18). The summed E-state index contributed by atoms with van der Waals surface area (Å²) in [4.78, 5) is 13.7. The normalized spacial score (nSPS) is 11.3. The highest BCUT2D eigenvalue weighted by molar-refractivity contribution is 5.77. The van der Waals surface area contributed by atoms with Crippen molar-refractivity contribution in [3.05, 3.63) is 0 Å². The number of hydrogen-bond acceptors (Lipinski definition) is 4. The molecule has 0 unspecified atom stereocenters. The Morgan fingerprint density at radius 3 is 2.63 bits per heavy atom. The molecule has 0 radical (unpaired) electrons. The van der Waals surface area contributed by atoms with Crippen LogP contribution in [0.5, 0.6) is 0 Å². The van der Waals surface area contributed by atoms with E-state index in [9.17, 15) is 4.79 Å². The fraction of sp³-hybridized carbons (Fsp3) is 0.929. The van der Waals surface area contributed by atoms with Gasteiger partial charge >= 0.3 is 0 Å². The maximum Gasteiger partial charge on any atom is 0.234 e. The van der Waals surface area contributed by atoms with Gasteiger partial charge in [-0.05, 0) is 33.2 Å². The minimum absolute atomic E-state index is 0.0223. The molecular weight excluding hydrogens is 244 g/mol. The number of carbonyl (C=O) groups excluding carboxylic acids is 1. The van der Waals surface area contributed by atoms with E-state index in [1.54, 1.807) is 0 Å². The molecule has 0 fully saturated rings. The van der Waals surface area contributed by atoms with Crippen LogP contribution < -0.4 is 5.32 Å². The van der Waals surface area contributed by atoms with Crippen LogP contribution in [0.1, 0.15) is 40.0 Å². The van der Waals surface area contributed by atoms with Gasteiger partial charge < -0.3 is 15.2 Å². The Bertz CT molecular complexity index is 223. The fourth-order valence-corrected chi connectivity index (χ4v) is 1.67. The van der Waals surface area contributed by atoms with Crippen LogP contribution >= 0.6 is 0 Å². The van der Waals surface area contributed by atoms with Crippen molar-refractivity contribution >= 4 is 5.91 Å². The third-order valence-corrected chi connectivity index (χ3v) is 2.71. The highest BCUT2D eigenvalue weighted by Crippen LogP contribution is 1.94. The molecule has 0 aromatic carbocycles. The summed E-state index contributed by atoms with van der Waals surface area (Å²) < 4.78 is 5.40. The monoisotopic (exact) mass is 274 g/mol. The van der Waals surface area contributed by atoms with Crippen LogP contribution in [0, 0.1) is 0 Å². The zero-order valence-electron chi connectivity index (χ0n) is 12.7. The third kappa shape index (κ3) is 12.1. The summed E-state index contributed by atoms with van der Waals surface area (Å²) in [7, 11) is 0. The Kier molecular flexibility index (Phi) is 12.0. The molecule has 0 heterocycles. The number of ether oxygens (including phenoxy) is 1. The van der Waals surface area contributed by atoms with E-state index in [0.717, 1.165) is 25.8 Å². The molecule has 0 aliphatic carbocycles. The van der Waals surface area contributed by atoms with E-state index >= 15 is 0 Å². The van der Waals surface area contributed by atoms with Crippen molar-refractivity contribution < 1.29 is 14.6 Å². The first-order valence-corrected chi connectivity index (χ1v) is 7.31. The molecule has 0 aliphatic heterocycles. The van der Waals surface area contributed by atoms with Crippen LogP contribution in [-0.2, 0) is 9.53 Å². The summed E-state index contributed by atoms with van der Waals surface area (Å²) in [5.41, 5.74) is 0. The minimum Gasteiger partial charge on any atom is -0.395 e. The van der Waals surface area contributed by atoms with Crippen molar-refractivity contribution in [2.75, 3.05) is 39.4 Å². The van der Waals surface area contributed by atoms with E-state index < -0.39 is 0 Å². The predicted octanol–water partition coefficient (Wildman–Crippen LogP) is 1.01. The number of nitrogens with zero attached hydrogens (tertiary/aromatic N) is 1. The topological polar surface area (TPSA) is 61.8 Å². The zero-order chi connectivity index (χ0) is 14.5. The maximum atomic E-state index is 11.7. The van der Waals surface area contributed by atoms with Crippen LogP contribution in [0.3, 0.4) is 0 Å². The number of hydrogen-bond donors (Lipinski definition) is 2. The van der Waals surface area contributed by atoms with E-state index in [2.05, 4.69) is 12.2 Å². The van der Waals surface area contributed by atoms with Gasteiger partial charge in [-0.15, -0.1) is 0 Å². The largest absolute Gasteiger partial charge is 0.395 e. The van der Waals surface area contributed by atoms with Crippen molar-refractivity contribution in [2.24, 2.45) is 0 Å². The Hall–Kier alpha value is -0.650. The van der Waals surface area contributed by atoms with E-state index in [0.29, 0.717) is 26.2 Å². The summed E-state index contributed by atoms with van der Waals surface area (Å²) in [6, 6.07) is 0. The van der Waals surface area contributed by atoms with E-state index in [-0.39, 0.29) is 18.6 Å². The number of unbranched alkanes of at least 4 members (excludes halogenated alkanes) is 1. The van der Waals surface area contributed by atoms with Crippen LogP contribution in [0.2, 0.25) is 0 Å². The molecule has 5 heteroatoms.